The van der Waals surface area contributed by atoms with Crippen molar-refractivity contribution in [3.8, 4) is 0 Å². The monoisotopic (exact) mass is 352 g/mol. The van der Waals surface area contributed by atoms with Crippen molar-refractivity contribution in [3.63, 3.8) is 0 Å². The highest BCUT2D eigenvalue weighted by Crippen LogP contribution is 2.14. The van der Waals surface area contributed by atoms with Crippen molar-refractivity contribution in [1.82, 2.24) is 9.46 Å². The van der Waals surface area contributed by atoms with E-state index in [0.717, 1.165) is 30.7 Å². The van der Waals surface area contributed by atoms with E-state index in [4.69, 9.17) is 6.58 Å². The molecule has 1 unspecified atom stereocenters. The number of hydrazine groups is 1. The first-order chi connectivity index (χ1) is 7.69. The van der Waals surface area contributed by atoms with Crippen LogP contribution in [0.4, 0.5) is 0 Å². The first-order valence-electron chi connectivity index (χ1n) is 5.43. The van der Waals surface area contributed by atoms with Gasteiger partial charge in [-0.15, -0.1) is 0 Å². The van der Waals surface area contributed by atoms with Crippen LogP contribution in [0.1, 0.15) is 32.6 Å². The van der Waals surface area contributed by atoms with Crippen molar-refractivity contribution in [2.75, 3.05) is 11.9 Å². The predicted molar refractivity (Wildman–Crippen MR) is 73.0 cm³/mol. The molecule has 1 atom stereocenters. The molecule has 0 bridgehead atoms. The summed E-state index contributed by atoms with van der Waals surface area (Å²) in [6.07, 6.45) is 5.30. The molecule has 0 saturated carbocycles. The second kappa shape index (κ2) is 10.3. The molecule has 0 aromatic carbocycles. The summed E-state index contributed by atoms with van der Waals surface area (Å²) < 4.78 is 2.64. The molecule has 1 amide bonds. The molecule has 0 fully saturated rings. The number of hydrogen-bond donors (Lipinski definition) is 1. The molecule has 16 heavy (non-hydrogen) atoms. The second-order valence-corrected chi connectivity index (χ2v) is 4.78. The van der Waals surface area contributed by atoms with E-state index in [1.165, 1.54) is 11.4 Å². The van der Waals surface area contributed by atoms with Crippen LogP contribution >= 0.6 is 32.1 Å². The molecule has 92 valence electrons. The summed E-state index contributed by atoms with van der Waals surface area (Å²) in [6, 6.07) is 0. The lowest BCUT2D eigenvalue weighted by molar-refractivity contribution is -0.127. The standard InChI is InChI=1S/C11H18Br2N2O/c1-3-10(7-5-6-8-12)9-15(14-13)11(16)4-2/h4,10,14H,3,5-9H2,1H3. The zero-order valence-electron chi connectivity index (χ0n) is 9.51. The van der Waals surface area contributed by atoms with Crippen molar-refractivity contribution in [1.29, 1.82) is 0 Å². The third-order valence-corrected chi connectivity index (χ3v) is 3.49. The van der Waals surface area contributed by atoms with E-state index in [2.05, 4.69) is 43.5 Å². The van der Waals surface area contributed by atoms with Gasteiger partial charge in [-0.25, -0.2) is 0 Å². The molecule has 0 aliphatic heterocycles. The van der Waals surface area contributed by atoms with Crippen LogP contribution in [0.3, 0.4) is 0 Å². The lowest BCUT2D eigenvalue weighted by atomic mass is 9.99. The summed E-state index contributed by atoms with van der Waals surface area (Å²) in [6.45, 7) is 9.69. The number of carbonyl (C=O) groups is 1. The van der Waals surface area contributed by atoms with E-state index < -0.39 is 0 Å². The van der Waals surface area contributed by atoms with Crippen LogP contribution in [0.15, 0.2) is 6.08 Å². The Kier molecular flexibility index (Phi) is 10.4. The molecule has 5 heteroatoms. The van der Waals surface area contributed by atoms with Crippen molar-refractivity contribution in [2.45, 2.75) is 32.6 Å². The zero-order valence-corrected chi connectivity index (χ0v) is 12.7. The molecular weight excluding hydrogens is 336 g/mol. The fourth-order valence-corrected chi connectivity index (χ4v) is 2.17. The van der Waals surface area contributed by atoms with E-state index >= 15 is 0 Å². The molecule has 0 aliphatic rings. The summed E-state index contributed by atoms with van der Waals surface area (Å²) in [5.41, 5.74) is 0. The SMILES string of the molecule is [C]=CC(=O)N(CC(CC)CCCCBr)NBr. The molecule has 1 N–H and O–H groups in total. The topological polar surface area (TPSA) is 32.3 Å². The van der Waals surface area contributed by atoms with Crippen molar-refractivity contribution in [3.05, 3.63) is 12.7 Å². The number of nitrogens with one attached hydrogen (secondary N) is 1. The summed E-state index contributed by atoms with van der Waals surface area (Å²) in [5.74, 6) is 0.156. The van der Waals surface area contributed by atoms with Crippen LogP contribution in [-0.4, -0.2) is 22.8 Å². The second-order valence-electron chi connectivity index (χ2n) is 3.64. The normalized spacial score (nSPS) is 12.2. The molecule has 0 heterocycles. The number of rotatable bonds is 9. The number of alkyl halides is 1. The average molecular weight is 354 g/mol. The molecule has 0 saturated heterocycles. The Labute approximate surface area is 115 Å². The maximum absolute atomic E-state index is 11.3. The molecule has 0 rings (SSSR count). The molecule has 3 nitrogen and oxygen atoms in total. The minimum atomic E-state index is -0.323. The number of nitrogens with zero attached hydrogens (tertiary/aromatic N) is 1. The van der Waals surface area contributed by atoms with Gasteiger partial charge < -0.3 is 0 Å². The number of amides is 1. The van der Waals surface area contributed by atoms with Crippen molar-refractivity contribution >= 4 is 38.0 Å². The third-order valence-electron chi connectivity index (χ3n) is 2.51. The zero-order chi connectivity index (χ0) is 12.4. The summed E-state index contributed by atoms with van der Waals surface area (Å²) in [5, 5.41) is 2.46. The van der Waals surface area contributed by atoms with Crippen LogP contribution in [0.2, 0.25) is 0 Å². The molecular formula is C11H18Br2N2O. The molecule has 0 aromatic rings. The predicted octanol–water partition coefficient (Wildman–Crippen LogP) is 3.09. The molecule has 0 spiro atoms. The van der Waals surface area contributed by atoms with Crippen LogP contribution in [0, 0.1) is 12.5 Å². The molecule has 0 aliphatic carbocycles. The number of carbonyl (C=O) groups excluding carboxylic acids is 1. The molecule has 0 aromatic heterocycles. The van der Waals surface area contributed by atoms with Gasteiger partial charge in [-0.3, -0.25) is 9.80 Å². The lowest BCUT2D eigenvalue weighted by Gasteiger charge is -2.24. The Morgan fingerprint density at radius 2 is 2.25 bits per heavy atom. The Hall–Kier alpha value is 0.130. The first kappa shape index (κ1) is 16.1. The van der Waals surface area contributed by atoms with E-state index in [1.54, 1.807) is 0 Å². The first-order valence-corrected chi connectivity index (χ1v) is 7.35. The Morgan fingerprint density at radius 3 is 2.69 bits per heavy atom. The largest absolute Gasteiger partial charge is 0.268 e. The number of hydrogen-bond acceptors (Lipinski definition) is 2. The lowest BCUT2D eigenvalue weighted by Crippen LogP contribution is -2.39. The highest BCUT2D eigenvalue weighted by Gasteiger charge is 2.15. The van der Waals surface area contributed by atoms with E-state index in [0.29, 0.717) is 12.5 Å². The third kappa shape index (κ3) is 6.66. The summed E-state index contributed by atoms with van der Waals surface area (Å²) >= 11 is 6.45. The van der Waals surface area contributed by atoms with Crippen LogP contribution in [0.25, 0.3) is 0 Å². The van der Waals surface area contributed by atoms with Gasteiger partial charge >= 0.3 is 0 Å². The van der Waals surface area contributed by atoms with Gasteiger partial charge in [-0.2, -0.15) is 4.45 Å². The minimum absolute atomic E-state index is 0.323. The Bertz CT molecular complexity index is 212. The van der Waals surface area contributed by atoms with E-state index in [-0.39, 0.29) is 5.91 Å². The quantitative estimate of drug-likeness (QED) is 0.227. The maximum Gasteiger partial charge on any atom is 0.262 e. The van der Waals surface area contributed by atoms with Gasteiger partial charge in [0.15, 0.2) is 0 Å². The Balaban J connectivity index is 4.06. The summed E-state index contributed by atoms with van der Waals surface area (Å²) in [7, 11) is 0. The average Bonchev–Trinajstić information content (AvgIpc) is 2.32. The van der Waals surface area contributed by atoms with Gasteiger partial charge in [0.05, 0.1) is 0 Å². The van der Waals surface area contributed by atoms with Crippen molar-refractivity contribution < 1.29 is 4.79 Å². The van der Waals surface area contributed by atoms with Gasteiger partial charge in [0.1, 0.15) is 0 Å². The van der Waals surface area contributed by atoms with Crippen LogP contribution in [0.5, 0.6) is 0 Å². The minimum Gasteiger partial charge on any atom is -0.268 e. The highest BCUT2D eigenvalue weighted by atomic mass is 79.9. The fraction of sp³-hybridized carbons (Fsp3) is 0.727. The van der Waals surface area contributed by atoms with Gasteiger partial charge in [0.25, 0.3) is 5.91 Å². The Morgan fingerprint density at radius 1 is 1.56 bits per heavy atom. The van der Waals surface area contributed by atoms with E-state index in [9.17, 15) is 4.79 Å². The van der Waals surface area contributed by atoms with Gasteiger partial charge in [-0.05, 0) is 25.3 Å². The fourth-order valence-electron chi connectivity index (χ4n) is 1.45. The number of halogens is 2. The number of unbranched alkanes of at least 4 members (excludes halogenated alkanes) is 1. The van der Waals surface area contributed by atoms with Crippen molar-refractivity contribution in [2.24, 2.45) is 5.92 Å². The van der Waals surface area contributed by atoms with Crippen LogP contribution in [-0.2, 0) is 4.79 Å². The van der Waals surface area contributed by atoms with Gasteiger partial charge in [0.2, 0.25) is 0 Å². The molecule has 2 radical (unpaired) electrons. The van der Waals surface area contributed by atoms with Crippen LogP contribution < -0.4 is 4.45 Å². The van der Waals surface area contributed by atoms with Gasteiger partial charge in [-0.1, -0.05) is 35.7 Å². The summed E-state index contributed by atoms with van der Waals surface area (Å²) in [4.78, 5) is 11.3. The smallest absolute Gasteiger partial charge is 0.262 e. The highest BCUT2D eigenvalue weighted by molar-refractivity contribution is 9.09. The van der Waals surface area contributed by atoms with Gasteiger partial charge in [0, 0.05) is 34.1 Å². The van der Waals surface area contributed by atoms with E-state index in [1.807, 2.05) is 0 Å². The maximum atomic E-state index is 11.3.